The molecule has 0 spiro atoms. The van der Waals surface area contributed by atoms with E-state index >= 15 is 0 Å². The van der Waals surface area contributed by atoms with E-state index in [1.54, 1.807) is 0 Å². The first kappa shape index (κ1) is 36.7. The van der Waals surface area contributed by atoms with Gasteiger partial charge in [0, 0.05) is 31.2 Å². The van der Waals surface area contributed by atoms with Gasteiger partial charge >= 0.3 is 64.3 Å². The number of hydrogen-bond acceptors (Lipinski definition) is 12. The van der Waals surface area contributed by atoms with E-state index in [4.69, 9.17) is 52.6 Å². The van der Waals surface area contributed by atoms with Crippen LogP contribution in [0.4, 0.5) is 0 Å². The van der Waals surface area contributed by atoms with Gasteiger partial charge in [0.25, 0.3) is 0 Å². The third-order valence-corrected chi connectivity index (χ3v) is 0. The summed E-state index contributed by atoms with van der Waals surface area (Å²) >= 11 is 0. The summed E-state index contributed by atoms with van der Waals surface area (Å²) in [5.74, 6) is 0. The van der Waals surface area contributed by atoms with Gasteiger partial charge in [0.05, 0.1) is 0 Å². The van der Waals surface area contributed by atoms with Crippen LogP contribution in [-0.4, -0.2) is 52.6 Å². The molecule has 2 radical (unpaired) electrons. The molecule has 104 valence electrons. The maximum absolute atomic E-state index is 8.52. The van der Waals surface area contributed by atoms with E-state index in [-0.39, 0.29) is 65.7 Å². The van der Waals surface area contributed by atoms with Crippen molar-refractivity contribution in [3.63, 3.8) is 0 Å². The first-order valence-corrected chi connectivity index (χ1v) is 6.00. The fourth-order valence-electron chi connectivity index (χ4n) is 0. The van der Waals surface area contributed by atoms with Gasteiger partial charge in [-0.2, -0.15) is 0 Å². The first-order valence-electron chi connectivity index (χ1n) is 2.00. The molecule has 0 aromatic heterocycles. The first-order chi connectivity index (χ1) is 6.00. The molecule has 0 unspecified atom stereocenters. The van der Waals surface area contributed by atoms with Crippen LogP contribution in [-0.2, 0) is 65.9 Å². The molecule has 18 heavy (non-hydrogen) atoms. The van der Waals surface area contributed by atoms with E-state index in [0.717, 1.165) is 0 Å². The Morgan fingerprint density at radius 2 is 0.500 bits per heavy atom. The van der Waals surface area contributed by atoms with Crippen molar-refractivity contribution in [3.05, 3.63) is 0 Å². The van der Waals surface area contributed by atoms with Crippen molar-refractivity contribution in [1.29, 1.82) is 0 Å². The minimum atomic E-state index is -5.17. The van der Waals surface area contributed by atoms with Crippen molar-refractivity contribution in [2.24, 2.45) is 0 Å². The molecule has 0 fully saturated rings. The van der Waals surface area contributed by atoms with E-state index in [0.29, 0.717) is 0 Å². The van der Waals surface area contributed by atoms with Gasteiger partial charge in [0.15, 0.2) is 0 Å². The minimum absolute atomic E-state index is 0. The topological polar surface area (TPSA) is 241 Å². The summed E-state index contributed by atoms with van der Waals surface area (Å²) in [6.45, 7) is 0. The molecule has 0 heterocycles. The molecule has 0 amide bonds. The van der Waals surface area contributed by atoms with Gasteiger partial charge in [0.2, 0.25) is 0 Å². The molecule has 0 atom stereocenters. The zero-order valence-corrected chi connectivity index (χ0v) is 14.9. The van der Waals surface area contributed by atoms with Crippen molar-refractivity contribution >= 4 is 31.2 Å². The van der Waals surface area contributed by atoms with Gasteiger partial charge in [-0.3, -0.25) is 25.3 Å². The largest absolute Gasteiger partial charge is 3.00 e. The average molecular weight is 416 g/mol. The Morgan fingerprint density at radius 1 is 0.500 bits per heavy atom. The Hall–Kier alpha value is 1.67. The molecule has 12 nitrogen and oxygen atoms in total. The third kappa shape index (κ3) is 1750. The van der Waals surface area contributed by atoms with Gasteiger partial charge < -0.3 is 28.7 Å². The molecule has 0 saturated carbocycles. The summed E-state index contributed by atoms with van der Waals surface area (Å²) in [6, 6.07) is 0. The summed E-state index contributed by atoms with van der Waals surface area (Å²) in [5.41, 5.74) is 0. The molecule has 0 aromatic rings. The molecular formula is HCr2NaO12S3. The van der Waals surface area contributed by atoms with E-state index in [1.165, 1.54) is 0 Å². The van der Waals surface area contributed by atoms with Crippen LogP contribution in [0.15, 0.2) is 0 Å². The SMILES string of the molecule is O=S(=O)([O-])[O-].O=S(=O)([O-])[O-].O=S(=O)([O-])[O-].[Cr+3].[Cr+3].[H-].[Na+]. The van der Waals surface area contributed by atoms with Gasteiger partial charge in [-0.15, -0.1) is 0 Å². The Balaban J connectivity index is -0.0000000206. The molecule has 0 aliphatic heterocycles. The van der Waals surface area contributed by atoms with Crippen molar-refractivity contribution < 1.29 is 118 Å². The van der Waals surface area contributed by atoms with Crippen molar-refractivity contribution in [2.75, 3.05) is 0 Å². The molecule has 0 aliphatic rings. The van der Waals surface area contributed by atoms with Gasteiger partial charge in [-0.05, 0) is 0 Å². The van der Waals surface area contributed by atoms with Crippen LogP contribution in [0.2, 0.25) is 0 Å². The van der Waals surface area contributed by atoms with E-state index in [9.17, 15) is 0 Å². The summed E-state index contributed by atoms with van der Waals surface area (Å²) in [7, 11) is -15.5. The Bertz CT molecular complexity index is 352. The Kier molecular flexibility index (Phi) is 30.7. The van der Waals surface area contributed by atoms with E-state index < -0.39 is 31.2 Å². The second-order valence-corrected chi connectivity index (χ2v) is 3.67. The normalized spacial score (nSPS) is 9.67. The second kappa shape index (κ2) is 15.1. The molecule has 0 bridgehead atoms. The fraction of sp³-hybridized carbons (Fsp3) is 0. The van der Waals surface area contributed by atoms with Crippen molar-refractivity contribution in [1.82, 2.24) is 0 Å². The minimum Gasteiger partial charge on any atom is -1.00 e. The maximum atomic E-state index is 8.52. The van der Waals surface area contributed by atoms with Gasteiger partial charge in [-0.25, -0.2) is 0 Å². The van der Waals surface area contributed by atoms with Crippen LogP contribution in [0.3, 0.4) is 0 Å². The van der Waals surface area contributed by atoms with Crippen LogP contribution >= 0.6 is 0 Å². The summed E-state index contributed by atoms with van der Waals surface area (Å²) in [4.78, 5) is 0. The summed E-state index contributed by atoms with van der Waals surface area (Å²) in [5, 5.41) is 0. The smallest absolute Gasteiger partial charge is 1.00 e. The van der Waals surface area contributed by atoms with Crippen molar-refractivity contribution in [2.45, 2.75) is 0 Å². The number of rotatable bonds is 0. The molecule has 18 heteroatoms. The van der Waals surface area contributed by atoms with Crippen LogP contribution in [0, 0.1) is 0 Å². The molecule has 0 N–H and O–H groups in total. The zero-order chi connectivity index (χ0) is 13.5. The standard InChI is InChI=1S/2Cr.Na.3H2O4S.H/c;;;3*1-5(2,3)4;/h;;;3*(H2,1,2,3,4);/q2*+3;+1;;;;-1/p-6. The summed E-state index contributed by atoms with van der Waals surface area (Å²) in [6.07, 6.45) is 0. The predicted molar refractivity (Wildman–Crippen MR) is 32.5 cm³/mol. The van der Waals surface area contributed by atoms with Gasteiger partial charge in [-0.1, -0.05) is 0 Å². The van der Waals surface area contributed by atoms with E-state index in [1.807, 2.05) is 0 Å². The Morgan fingerprint density at radius 3 is 0.500 bits per heavy atom. The average Bonchev–Trinajstić information content (AvgIpc) is 1.41. The zero-order valence-electron chi connectivity index (χ0n) is 8.94. The quantitative estimate of drug-likeness (QED) is 0.203. The molecule has 0 rings (SSSR count). The van der Waals surface area contributed by atoms with Crippen molar-refractivity contribution in [3.8, 4) is 0 Å². The van der Waals surface area contributed by atoms with Crippen LogP contribution in [0.5, 0.6) is 0 Å². The molecule has 0 aromatic carbocycles. The Labute approximate surface area is 148 Å². The molecular weight excluding hydrogens is 415 g/mol. The van der Waals surface area contributed by atoms with E-state index in [2.05, 4.69) is 0 Å². The van der Waals surface area contributed by atoms with Gasteiger partial charge in [0.1, 0.15) is 0 Å². The van der Waals surface area contributed by atoms with Crippen LogP contribution < -0.4 is 29.6 Å². The summed E-state index contributed by atoms with van der Waals surface area (Å²) < 4.78 is 102. The van der Waals surface area contributed by atoms with Crippen LogP contribution in [0.25, 0.3) is 0 Å². The molecule has 0 aliphatic carbocycles. The van der Waals surface area contributed by atoms with Crippen LogP contribution in [0.1, 0.15) is 1.43 Å². The third-order valence-electron chi connectivity index (χ3n) is 0. The fourth-order valence-corrected chi connectivity index (χ4v) is 0. The number of hydrogen-bond donors (Lipinski definition) is 0. The second-order valence-electron chi connectivity index (χ2n) is 1.22. The molecule has 0 saturated heterocycles. The monoisotopic (exact) mass is 416 g/mol. The maximum Gasteiger partial charge on any atom is 3.00 e. The predicted octanol–water partition coefficient (Wildman–Crippen LogP) is -6.90.